The van der Waals surface area contributed by atoms with Crippen molar-refractivity contribution in [2.45, 2.75) is 38.3 Å². The van der Waals surface area contributed by atoms with Gasteiger partial charge in [0, 0.05) is 48.4 Å². The third kappa shape index (κ3) is 5.91. The zero-order chi connectivity index (χ0) is 30.8. The largest absolute Gasteiger partial charge is 0.477 e. The molecule has 1 fully saturated rings. The number of unbranched alkanes of at least 4 members (excludes halogenated alkanes) is 1. The van der Waals surface area contributed by atoms with Crippen molar-refractivity contribution in [3.8, 4) is 11.1 Å². The Bertz CT molecular complexity index is 1690. The van der Waals surface area contributed by atoms with Gasteiger partial charge < -0.3 is 24.6 Å². The minimum absolute atomic E-state index is 0.0107. The van der Waals surface area contributed by atoms with Gasteiger partial charge in [-0.2, -0.15) is 13.2 Å². The van der Waals surface area contributed by atoms with Crippen LogP contribution in [0.25, 0.3) is 22.0 Å². The molecule has 2 aliphatic rings. The number of nitrogens with one attached hydrogen (secondary N) is 1. The predicted octanol–water partition coefficient (Wildman–Crippen LogP) is 6.80. The SMILES string of the molecule is O=C(O)c1[nH]c2c(-c3ccc(C(=O)N4CCOCC4)cc3C(F)(F)F)cccc2c1CCCCN1CCCc2ccccc21. The van der Waals surface area contributed by atoms with Gasteiger partial charge in [-0.25, -0.2) is 4.79 Å². The van der Waals surface area contributed by atoms with Gasteiger partial charge in [0.25, 0.3) is 5.91 Å². The van der Waals surface area contributed by atoms with Crippen LogP contribution in [-0.2, 0) is 23.8 Å². The van der Waals surface area contributed by atoms with E-state index in [1.54, 1.807) is 18.2 Å². The fourth-order valence-corrected chi connectivity index (χ4v) is 6.48. The second kappa shape index (κ2) is 12.4. The third-order valence-electron chi connectivity index (χ3n) is 8.63. The molecule has 0 radical (unpaired) electrons. The number of carboxylic acid groups (broad SMARTS) is 1. The summed E-state index contributed by atoms with van der Waals surface area (Å²) in [6.45, 7) is 3.13. The molecule has 10 heteroatoms. The maximum absolute atomic E-state index is 14.4. The van der Waals surface area contributed by atoms with Crippen molar-refractivity contribution in [1.82, 2.24) is 9.88 Å². The Balaban J connectivity index is 1.29. The molecule has 0 saturated carbocycles. The Hall–Kier alpha value is -4.31. The third-order valence-corrected chi connectivity index (χ3v) is 8.63. The molecule has 0 atom stereocenters. The van der Waals surface area contributed by atoms with Crippen molar-refractivity contribution in [1.29, 1.82) is 0 Å². The lowest BCUT2D eigenvalue weighted by atomic mass is 9.94. The maximum Gasteiger partial charge on any atom is 0.417 e. The standard InChI is InChI=1S/C34H34F3N3O4/c35-34(36,37)28-21-23(32(41)40-17-19-44-20-18-40)13-14-24(28)25-10-5-11-26-27(31(33(42)43)38-30(25)26)9-3-4-15-39-16-6-8-22-7-1-2-12-29(22)39/h1-2,5,7,10-14,21,38H,3-4,6,8-9,15-20H2,(H,42,43). The number of anilines is 1. The number of fused-ring (bicyclic) bond motifs is 2. The number of rotatable bonds is 8. The van der Waals surface area contributed by atoms with E-state index in [4.69, 9.17) is 4.74 Å². The molecule has 0 bridgehead atoms. The summed E-state index contributed by atoms with van der Waals surface area (Å²) >= 11 is 0. The van der Waals surface area contributed by atoms with Crippen LogP contribution in [-0.4, -0.2) is 66.3 Å². The van der Waals surface area contributed by atoms with Gasteiger partial charge in [-0.05, 0) is 67.0 Å². The van der Waals surface area contributed by atoms with E-state index < -0.39 is 23.6 Å². The fourth-order valence-electron chi connectivity index (χ4n) is 6.48. The zero-order valence-electron chi connectivity index (χ0n) is 24.3. The van der Waals surface area contributed by atoms with E-state index in [9.17, 15) is 27.9 Å². The summed E-state index contributed by atoms with van der Waals surface area (Å²) in [5.74, 6) is -1.64. The number of aromatic nitrogens is 1. The van der Waals surface area contributed by atoms with Crippen molar-refractivity contribution in [2.75, 3.05) is 44.3 Å². The summed E-state index contributed by atoms with van der Waals surface area (Å²) in [6.07, 6.45) is -0.543. The van der Waals surface area contributed by atoms with Crippen LogP contribution in [0.1, 0.15) is 56.8 Å². The number of amides is 1. The van der Waals surface area contributed by atoms with Crippen LogP contribution in [0.5, 0.6) is 0 Å². The van der Waals surface area contributed by atoms with Crippen molar-refractivity contribution in [2.24, 2.45) is 0 Å². The average Bonchev–Trinajstić information content (AvgIpc) is 3.41. The summed E-state index contributed by atoms with van der Waals surface area (Å²) in [5, 5.41) is 10.6. The van der Waals surface area contributed by atoms with Crippen LogP contribution >= 0.6 is 0 Å². The highest BCUT2D eigenvalue weighted by Gasteiger charge is 2.36. The number of morpholine rings is 1. The number of aromatic carboxylic acids is 1. The van der Waals surface area contributed by atoms with Crippen molar-refractivity contribution in [3.63, 3.8) is 0 Å². The minimum Gasteiger partial charge on any atom is -0.477 e. The first kappa shape index (κ1) is 29.7. The molecule has 0 spiro atoms. The highest BCUT2D eigenvalue weighted by Crippen LogP contribution is 2.41. The average molecular weight is 606 g/mol. The Kier molecular flexibility index (Phi) is 8.35. The molecule has 1 aromatic heterocycles. The van der Waals surface area contributed by atoms with E-state index in [0.717, 1.165) is 44.8 Å². The number of para-hydroxylation sites is 2. The molecule has 7 nitrogen and oxygen atoms in total. The van der Waals surface area contributed by atoms with E-state index in [1.807, 2.05) is 6.07 Å². The number of aryl methyl sites for hydroxylation is 2. The highest BCUT2D eigenvalue weighted by molar-refractivity contribution is 6.04. The van der Waals surface area contributed by atoms with Gasteiger partial charge in [-0.1, -0.05) is 42.5 Å². The van der Waals surface area contributed by atoms with Crippen molar-refractivity contribution in [3.05, 3.63) is 88.6 Å². The number of carbonyl (C=O) groups excluding carboxylic acids is 1. The molecule has 2 N–H and O–H groups in total. The molecular weight excluding hydrogens is 571 g/mol. The molecular formula is C34H34F3N3O4. The monoisotopic (exact) mass is 605 g/mol. The smallest absolute Gasteiger partial charge is 0.417 e. The van der Waals surface area contributed by atoms with E-state index >= 15 is 0 Å². The summed E-state index contributed by atoms with van der Waals surface area (Å²) in [7, 11) is 0. The molecule has 230 valence electrons. The first-order valence-electron chi connectivity index (χ1n) is 15.0. The van der Waals surface area contributed by atoms with Crippen LogP contribution in [0.15, 0.2) is 60.7 Å². The predicted molar refractivity (Wildman–Crippen MR) is 162 cm³/mol. The summed E-state index contributed by atoms with van der Waals surface area (Å²) in [6, 6.07) is 17.0. The van der Waals surface area contributed by atoms with Crippen molar-refractivity contribution < 1.29 is 32.6 Å². The van der Waals surface area contributed by atoms with Crippen LogP contribution in [0.2, 0.25) is 0 Å². The Labute approximate surface area is 253 Å². The minimum atomic E-state index is -4.74. The Morgan fingerprint density at radius 3 is 2.50 bits per heavy atom. The number of benzene rings is 3. The van der Waals surface area contributed by atoms with Gasteiger partial charge in [0.05, 0.1) is 24.3 Å². The van der Waals surface area contributed by atoms with E-state index in [-0.39, 0.29) is 22.4 Å². The van der Waals surface area contributed by atoms with Crippen LogP contribution in [0.3, 0.4) is 0 Å². The first-order valence-corrected chi connectivity index (χ1v) is 15.0. The molecule has 2 aliphatic heterocycles. The number of nitrogens with zero attached hydrogens (tertiary/aromatic N) is 2. The zero-order valence-corrected chi connectivity index (χ0v) is 24.3. The molecule has 44 heavy (non-hydrogen) atoms. The lowest BCUT2D eigenvalue weighted by Gasteiger charge is -2.31. The topological polar surface area (TPSA) is 85.9 Å². The molecule has 0 aliphatic carbocycles. The fraction of sp³-hybridized carbons (Fsp3) is 0.353. The van der Waals surface area contributed by atoms with Crippen molar-refractivity contribution >= 4 is 28.5 Å². The summed E-state index contributed by atoms with van der Waals surface area (Å²) in [5.41, 5.74) is 2.62. The number of hydrogen-bond acceptors (Lipinski definition) is 4. The lowest BCUT2D eigenvalue weighted by Crippen LogP contribution is -2.40. The number of ether oxygens (including phenoxy) is 1. The summed E-state index contributed by atoms with van der Waals surface area (Å²) in [4.78, 5) is 32.1. The number of H-pyrrole nitrogens is 1. The van der Waals surface area contributed by atoms with Crippen LogP contribution in [0.4, 0.5) is 18.9 Å². The molecule has 3 aromatic carbocycles. The Morgan fingerprint density at radius 2 is 1.73 bits per heavy atom. The van der Waals surface area contributed by atoms with Gasteiger partial charge in [0.15, 0.2) is 0 Å². The van der Waals surface area contributed by atoms with E-state index in [1.165, 1.54) is 28.3 Å². The highest BCUT2D eigenvalue weighted by atomic mass is 19.4. The molecule has 4 aromatic rings. The second-order valence-corrected chi connectivity index (χ2v) is 11.4. The molecule has 6 rings (SSSR count). The quantitative estimate of drug-likeness (QED) is 0.216. The van der Waals surface area contributed by atoms with Gasteiger partial charge >= 0.3 is 12.1 Å². The molecule has 1 amide bonds. The molecule has 1 saturated heterocycles. The number of halogens is 3. The molecule has 3 heterocycles. The van der Waals surface area contributed by atoms with Gasteiger partial charge in [-0.3, -0.25) is 4.79 Å². The van der Waals surface area contributed by atoms with E-state index in [2.05, 4.69) is 28.1 Å². The van der Waals surface area contributed by atoms with Crippen LogP contribution < -0.4 is 4.90 Å². The van der Waals surface area contributed by atoms with Crippen LogP contribution in [0, 0.1) is 0 Å². The molecule has 0 unspecified atom stereocenters. The summed E-state index contributed by atoms with van der Waals surface area (Å²) < 4.78 is 48.6. The maximum atomic E-state index is 14.4. The van der Waals surface area contributed by atoms with Gasteiger partial charge in [-0.15, -0.1) is 0 Å². The second-order valence-electron chi connectivity index (χ2n) is 11.4. The number of alkyl halides is 3. The Morgan fingerprint density at radius 1 is 0.932 bits per heavy atom. The van der Waals surface area contributed by atoms with Gasteiger partial charge in [0.1, 0.15) is 5.69 Å². The lowest BCUT2D eigenvalue weighted by molar-refractivity contribution is -0.137. The van der Waals surface area contributed by atoms with Gasteiger partial charge in [0.2, 0.25) is 0 Å². The number of aromatic amines is 1. The normalized spacial score (nSPS) is 15.4. The first-order chi connectivity index (χ1) is 21.2. The number of carboxylic acids is 1. The number of carbonyl (C=O) groups is 2. The van der Waals surface area contributed by atoms with E-state index in [0.29, 0.717) is 49.2 Å². The number of hydrogen-bond donors (Lipinski definition) is 2.